The zero-order chi connectivity index (χ0) is 13.3. The Morgan fingerprint density at radius 3 is 2.53 bits per heavy atom. The number of hydrogen-bond acceptors (Lipinski definition) is 2. The summed E-state index contributed by atoms with van der Waals surface area (Å²) < 4.78 is 1.32. The maximum absolute atomic E-state index is 3.85. The molecule has 1 aliphatic heterocycles. The van der Waals surface area contributed by atoms with Gasteiger partial charge in [0.2, 0.25) is 0 Å². The van der Waals surface area contributed by atoms with Gasteiger partial charge >= 0.3 is 0 Å². The molecule has 3 heteroatoms. The second kappa shape index (κ2) is 5.60. The fourth-order valence-electron chi connectivity index (χ4n) is 3.55. The quantitative estimate of drug-likeness (QED) is 0.757. The summed E-state index contributed by atoms with van der Waals surface area (Å²) >= 11 is 2.38. The summed E-state index contributed by atoms with van der Waals surface area (Å²) in [6.45, 7) is 4.63. The Balaban J connectivity index is 1.80. The van der Waals surface area contributed by atoms with E-state index in [0.29, 0.717) is 11.6 Å². The Kier molecular flexibility index (Phi) is 4.03. The molecule has 0 radical (unpaired) electrons. The Morgan fingerprint density at radius 1 is 1.16 bits per heavy atom. The van der Waals surface area contributed by atoms with Crippen molar-refractivity contribution in [2.75, 3.05) is 18.0 Å². The highest BCUT2D eigenvalue weighted by Gasteiger charge is 2.38. The summed E-state index contributed by atoms with van der Waals surface area (Å²) in [5.41, 5.74) is 1.77. The number of piperazine rings is 1. The number of rotatable bonds is 1. The van der Waals surface area contributed by atoms with E-state index in [4.69, 9.17) is 0 Å². The van der Waals surface area contributed by atoms with Crippen molar-refractivity contribution in [3.63, 3.8) is 0 Å². The van der Waals surface area contributed by atoms with Crippen LogP contribution in [0.15, 0.2) is 24.3 Å². The average molecular weight is 370 g/mol. The molecule has 0 bridgehead atoms. The van der Waals surface area contributed by atoms with Gasteiger partial charge in [-0.15, -0.1) is 0 Å². The Hall–Kier alpha value is -0.290. The van der Waals surface area contributed by atoms with E-state index >= 15 is 0 Å². The molecule has 1 spiro atoms. The van der Waals surface area contributed by atoms with E-state index in [-0.39, 0.29) is 0 Å². The van der Waals surface area contributed by atoms with Gasteiger partial charge in [0.25, 0.3) is 0 Å². The summed E-state index contributed by atoms with van der Waals surface area (Å²) in [5.74, 6) is 0. The van der Waals surface area contributed by atoms with Crippen molar-refractivity contribution in [3.05, 3.63) is 27.8 Å². The van der Waals surface area contributed by atoms with Gasteiger partial charge in [0.1, 0.15) is 0 Å². The molecule has 2 nitrogen and oxygen atoms in total. The summed E-state index contributed by atoms with van der Waals surface area (Å²) in [5, 5.41) is 3.85. The first-order valence-corrected chi connectivity index (χ1v) is 8.54. The van der Waals surface area contributed by atoms with Crippen molar-refractivity contribution in [1.82, 2.24) is 5.32 Å². The molecule has 1 saturated carbocycles. The lowest BCUT2D eigenvalue weighted by Crippen LogP contribution is -2.64. The van der Waals surface area contributed by atoms with Crippen LogP contribution in [0.1, 0.15) is 39.0 Å². The van der Waals surface area contributed by atoms with Gasteiger partial charge in [-0.1, -0.05) is 19.3 Å². The van der Waals surface area contributed by atoms with E-state index in [9.17, 15) is 0 Å². The topological polar surface area (TPSA) is 15.3 Å². The monoisotopic (exact) mass is 370 g/mol. The molecule has 19 heavy (non-hydrogen) atoms. The molecule has 1 aromatic rings. The van der Waals surface area contributed by atoms with Gasteiger partial charge in [-0.25, -0.2) is 0 Å². The van der Waals surface area contributed by atoms with Crippen LogP contribution < -0.4 is 10.2 Å². The van der Waals surface area contributed by atoms with Crippen molar-refractivity contribution in [1.29, 1.82) is 0 Å². The number of benzene rings is 1. The van der Waals surface area contributed by atoms with Crippen LogP contribution in [0.5, 0.6) is 0 Å². The molecule has 1 atom stereocenters. The molecule has 1 aromatic carbocycles. The fourth-order valence-corrected chi connectivity index (χ4v) is 3.91. The number of nitrogens with zero attached hydrogens (tertiary/aromatic N) is 1. The largest absolute Gasteiger partial charge is 0.366 e. The smallest absolute Gasteiger partial charge is 0.0387 e. The first-order chi connectivity index (χ1) is 9.19. The summed E-state index contributed by atoms with van der Waals surface area (Å²) in [6, 6.07) is 9.59. The van der Waals surface area contributed by atoms with E-state index in [1.165, 1.54) is 47.9 Å². The van der Waals surface area contributed by atoms with E-state index in [0.717, 1.165) is 6.54 Å². The molecule has 104 valence electrons. The Morgan fingerprint density at radius 2 is 1.84 bits per heavy atom. The van der Waals surface area contributed by atoms with Crippen LogP contribution in [0.4, 0.5) is 5.69 Å². The minimum Gasteiger partial charge on any atom is -0.366 e. The molecule has 2 fully saturated rings. The minimum absolute atomic E-state index is 0.383. The van der Waals surface area contributed by atoms with Crippen molar-refractivity contribution in [3.8, 4) is 0 Å². The highest BCUT2D eigenvalue weighted by molar-refractivity contribution is 14.1. The lowest BCUT2D eigenvalue weighted by Gasteiger charge is -2.50. The van der Waals surface area contributed by atoms with Crippen LogP contribution in [0.2, 0.25) is 0 Å². The van der Waals surface area contributed by atoms with Gasteiger partial charge in [-0.2, -0.15) is 0 Å². The summed E-state index contributed by atoms with van der Waals surface area (Å²) in [6.07, 6.45) is 6.90. The molecular weight excluding hydrogens is 347 g/mol. The van der Waals surface area contributed by atoms with E-state index in [1.807, 2.05) is 0 Å². The van der Waals surface area contributed by atoms with Gasteiger partial charge < -0.3 is 10.2 Å². The first-order valence-electron chi connectivity index (χ1n) is 7.46. The molecule has 1 heterocycles. The lowest BCUT2D eigenvalue weighted by molar-refractivity contribution is 0.200. The SMILES string of the molecule is CC1CNC2(CCCCC2)CN1c1ccc(I)cc1. The van der Waals surface area contributed by atoms with Gasteiger partial charge in [-0.05, 0) is 66.6 Å². The number of nitrogens with one attached hydrogen (secondary N) is 1. The normalized spacial score (nSPS) is 26.6. The third-order valence-corrected chi connectivity index (χ3v) is 5.47. The van der Waals surface area contributed by atoms with Crippen LogP contribution >= 0.6 is 22.6 Å². The highest BCUT2D eigenvalue weighted by Crippen LogP contribution is 2.33. The average Bonchev–Trinajstić information content (AvgIpc) is 2.44. The van der Waals surface area contributed by atoms with Crippen LogP contribution in [-0.4, -0.2) is 24.7 Å². The van der Waals surface area contributed by atoms with Gasteiger partial charge in [0, 0.05) is 33.9 Å². The number of hydrogen-bond donors (Lipinski definition) is 1. The fraction of sp³-hybridized carbons (Fsp3) is 0.625. The van der Waals surface area contributed by atoms with Crippen molar-refractivity contribution < 1.29 is 0 Å². The van der Waals surface area contributed by atoms with Crippen molar-refractivity contribution >= 4 is 28.3 Å². The minimum atomic E-state index is 0.383. The van der Waals surface area contributed by atoms with Crippen molar-refractivity contribution in [2.24, 2.45) is 0 Å². The zero-order valence-corrected chi connectivity index (χ0v) is 13.8. The zero-order valence-electron chi connectivity index (χ0n) is 11.7. The van der Waals surface area contributed by atoms with Crippen LogP contribution in [0, 0.1) is 3.57 Å². The van der Waals surface area contributed by atoms with Gasteiger partial charge in [-0.3, -0.25) is 0 Å². The molecule has 1 aliphatic carbocycles. The summed E-state index contributed by atoms with van der Waals surface area (Å²) in [7, 11) is 0. The van der Waals surface area contributed by atoms with Gasteiger partial charge in [0.05, 0.1) is 0 Å². The molecule has 2 aliphatic rings. The number of anilines is 1. The Labute approximate surface area is 130 Å². The van der Waals surface area contributed by atoms with Crippen molar-refractivity contribution in [2.45, 2.75) is 50.6 Å². The molecule has 1 N–H and O–H groups in total. The molecule has 0 amide bonds. The molecule has 1 saturated heterocycles. The van der Waals surface area contributed by atoms with E-state index in [2.05, 4.69) is 64.0 Å². The maximum atomic E-state index is 3.85. The predicted molar refractivity (Wildman–Crippen MR) is 89.8 cm³/mol. The van der Waals surface area contributed by atoms with E-state index < -0.39 is 0 Å². The number of halogens is 1. The first kappa shape index (κ1) is 13.7. The standard InChI is InChI=1S/C16H23IN2/c1-13-11-18-16(9-3-2-4-10-16)12-19(13)15-7-5-14(17)6-8-15/h5-8,13,18H,2-4,9-12H2,1H3. The van der Waals surface area contributed by atoms with Crippen LogP contribution in [0.25, 0.3) is 0 Å². The Bertz CT molecular complexity index is 423. The van der Waals surface area contributed by atoms with Gasteiger partial charge in [0.15, 0.2) is 0 Å². The molecule has 0 aromatic heterocycles. The maximum Gasteiger partial charge on any atom is 0.0387 e. The molecule has 3 rings (SSSR count). The second-order valence-electron chi connectivity index (χ2n) is 6.18. The third-order valence-electron chi connectivity index (χ3n) is 4.75. The molecule has 1 unspecified atom stereocenters. The van der Waals surface area contributed by atoms with E-state index in [1.54, 1.807) is 0 Å². The predicted octanol–water partition coefficient (Wildman–Crippen LogP) is 3.79. The highest BCUT2D eigenvalue weighted by atomic mass is 127. The summed E-state index contributed by atoms with van der Waals surface area (Å²) in [4.78, 5) is 2.61. The molecular formula is C16H23IN2. The van der Waals surface area contributed by atoms with Crippen LogP contribution in [-0.2, 0) is 0 Å². The second-order valence-corrected chi connectivity index (χ2v) is 7.42. The van der Waals surface area contributed by atoms with Crippen LogP contribution in [0.3, 0.4) is 0 Å². The lowest BCUT2D eigenvalue weighted by atomic mass is 9.79. The third kappa shape index (κ3) is 2.92.